The Bertz CT molecular complexity index is 253. The highest BCUT2D eigenvalue weighted by Gasteiger charge is 2.45. The van der Waals surface area contributed by atoms with Gasteiger partial charge in [0.2, 0.25) is 0 Å². The van der Waals surface area contributed by atoms with Gasteiger partial charge in [-0.25, -0.2) is 0 Å². The molecule has 1 unspecified atom stereocenters. The number of hydrogen-bond donors (Lipinski definition) is 2. The van der Waals surface area contributed by atoms with E-state index in [1.54, 1.807) is 0 Å². The molecule has 3 heteroatoms. The van der Waals surface area contributed by atoms with Crippen molar-refractivity contribution in [3.63, 3.8) is 0 Å². The van der Waals surface area contributed by atoms with Gasteiger partial charge in [0.05, 0.1) is 12.1 Å². The minimum absolute atomic E-state index is 0.0630. The van der Waals surface area contributed by atoms with Crippen LogP contribution in [0.1, 0.15) is 66.2 Å². The number of rotatable bonds is 12. The van der Waals surface area contributed by atoms with Crippen molar-refractivity contribution in [1.29, 1.82) is 0 Å². The highest BCUT2D eigenvalue weighted by Crippen LogP contribution is 2.40. The molecule has 0 spiro atoms. The first-order valence-electron chi connectivity index (χ1n) is 8.69. The van der Waals surface area contributed by atoms with Gasteiger partial charge in [-0.3, -0.25) is 4.90 Å². The lowest BCUT2D eigenvalue weighted by Gasteiger charge is -2.40. The molecule has 2 N–H and O–H groups in total. The second-order valence-corrected chi connectivity index (χ2v) is 6.79. The predicted molar refractivity (Wildman–Crippen MR) is 87.1 cm³/mol. The summed E-state index contributed by atoms with van der Waals surface area (Å²) < 4.78 is 0. The van der Waals surface area contributed by atoms with Crippen molar-refractivity contribution in [2.45, 2.75) is 77.8 Å². The number of hydrogen-bond acceptors (Lipinski definition) is 3. The first-order valence-corrected chi connectivity index (χ1v) is 8.69. The van der Waals surface area contributed by atoms with Crippen LogP contribution >= 0.6 is 0 Å². The summed E-state index contributed by atoms with van der Waals surface area (Å²) in [6, 6.07) is 0.556. The minimum Gasteiger partial charge on any atom is -0.394 e. The van der Waals surface area contributed by atoms with Gasteiger partial charge in [-0.1, -0.05) is 26.7 Å². The number of aliphatic hydroxyl groups is 1. The smallest absolute Gasteiger partial charge is 0.0628 e. The molecule has 120 valence electrons. The molecule has 1 saturated carbocycles. The average molecular weight is 284 g/mol. The zero-order valence-electron chi connectivity index (χ0n) is 14.1. The van der Waals surface area contributed by atoms with Gasteiger partial charge in [-0.2, -0.15) is 0 Å². The lowest BCUT2D eigenvalue weighted by Crippen LogP contribution is -2.59. The third-order valence-corrected chi connectivity index (χ3v) is 4.63. The van der Waals surface area contributed by atoms with Crippen LogP contribution in [0.25, 0.3) is 0 Å². The summed E-state index contributed by atoms with van der Waals surface area (Å²) in [6.07, 6.45) is 7.53. The summed E-state index contributed by atoms with van der Waals surface area (Å²) in [6.45, 7) is 12.5. The van der Waals surface area contributed by atoms with Crippen LogP contribution in [0.4, 0.5) is 0 Å². The molecule has 0 aromatic heterocycles. The Morgan fingerprint density at radius 2 is 1.90 bits per heavy atom. The molecule has 0 heterocycles. The fourth-order valence-electron chi connectivity index (χ4n) is 3.02. The number of unbranched alkanes of at least 4 members (excludes halogenated alkanes) is 2. The van der Waals surface area contributed by atoms with E-state index in [0.29, 0.717) is 12.0 Å². The Morgan fingerprint density at radius 1 is 1.20 bits per heavy atom. The molecule has 0 aromatic rings. The standard InChI is InChI=1S/C17H36N2O/c1-5-7-8-12-19(15(3)4)13-17(14-20,16-9-10-16)18-11-6-2/h15-16,18,20H,5-14H2,1-4H3. The number of nitrogens with one attached hydrogen (secondary N) is 1. The third-order valence-electron chi connectivity index (χ3n) is 4.63. The average Bonchev–Trinajstić information content (AvgIpc) is 3.26. The Hall–Kier alpha value is -0.120. The summed E-state index contributed by atoms with van der Waals surface area (Å²) in [5.74, 6) is 0.673. The summed E-state index contributed by atoms with van der Waals surface area (Å²) in [4.78, 5) is 2.56. The van der Waals surface area contributed by atoms with Crippen LogP contribution in [0, 0.1) is 5.92 Å². The normalized spacial score (nSPS) is 18.8. The van der Waals surface area contributed by atoms with Crippen molar-refractivity contribution < 1.29 is 5.11 Å². The second kappa shape index (κ2) is 9.01. The molecule has 20 heavy (non-hydrogen) atoms. The largest absolute Gasteiger partial charge is 0.394 e. The molecule has 1 fully saturated rings. The topological polar surface area (TPSA) is 35.5 Å². The van der Waals surface area contributed by atoms with Gasteiger partial charge in [0, 0.05) is 12.6 Å². The van der Waals surface area contributed by atoms with Gasteiger partial charge < -0.3 is 10.4 Å². The molecule has 1 atom stereocenters. The molecule has 0 radical (unpaired) electrons. The first-order chi connectivity index (χ1) is 9.59. The zero-order chi connectivity index (χ0) is 15.0. The maximum absolute atomic E-state index is 10.0. The van der Waals surface area contributed by atoms with Gasteiger partial charge >= 0.3 is 0 Å². The molecule has 1 aliphatic carbocycles. The Balaban J connectivity index is 2.63. The van der Waals surface area contributed by atoms with Crippen LogP contribution in [-0.2, 0) is 0 Å². The molecule has 0 aromatic carbocycles. The van der Waals surface area contributed by atoms with E-state index < -0.39 is 0 Å². The van der Waals surface area contributed by atoms with Crippen molar-refractivity contribution >= 4 is 0 Å². The predicted octanol–water partition coefficient (Wildman–Crippen LogP) is 3.03. The van der Waals surface area contributed by atoms with E-state index in [4.69, 9.17) is 0 Å². The van der Waals surface area contributed by atoms with E-state index in [-0.39, 0.29) is 12.1 Å². The van der Waals surface area contributed by atoms with Crippen LogP contribution in [0.15, 0.2) is 0 Å². The van der Waals surface area contributed by atoms with Crippen molar-refractivity contribution in [2.75, 3.05) is 26.2 Å². The van der Waals surface area contributed by atoms with E-state index in [1.807, 2.05) is 0 Å². The fourth-order valence-corrected chi connectivity index (χ4v) is 3.02. The molecule has 0 aliphatic heterocycles. The van der Waals surface area contributed by atoms with E-state index in [9.17, 15) is 5.11 Å². The summed E-state index contributed by atoms with van der Waals surface area (Å²) >= 11 is 0. The van der Waals surface area contributed by atoms with Gasteiger partial charge in [0.1, 0.15) is 0 Å². The monoisotopic (exact) mass is 284 g/mol. The third kappa shape index (κ3) is 5.34. The molecule has 0 bridgehead atoms. The molecule has 3 nitrogen and oxygen atoms in total. The van der Waals surface area contributed by atoms with E-state index in [0.717, 1.165) is 26.1 Å². The van der Waals surface area contributed by atoms with Crippen molar-refractivity contribution in [3.8, 4) is 0 Å². The maximum atomic E-state index is 10.0. The zero-order valence-corrected chi connectivity index (χ0v) is 14.1. The van der Waals surface area contributed by atoms with E-state index in [1.165, 1.54) is 32.1 Å². The molecule has 1 rings (SSSR count). The van der Waals surface area contributed by atoms with E-state index >= 15 is 0 Å². The van der Waals surface area contributed by atoms with Crippen LogP contribution in [0.5, 0.6) is 0 Å². The quantitative estimate of drug-likeness (QED) is 0.541. The van der Waals surface area contributed by atoms with E-state index in [2.05, 4.69) is 37.9 Å². The second-order valence-electron chi connectivity index (χ2n) is 6.79. The Kier molecular flexibility index (Phi) is 8.08. The van der Waals surface area contributed by atoms with Crippen molar-refractivity contribution in [2.24, 2.45) is 5.92 Å². The summed E-state index contributed by atoms with van der Waals surface area (Å²) in [5.41, 5.74) is -0.0630. The summed E-state index contributed by atoms with van der Waals surface area (Å²) in [7, 11) is 0. The van der Waals surface area contributed by atoms with Crippen LogP contribution in [0.2, 0.25) is 0 Å². The van der Waals surface area contributed by atoms with Crippen molar-refractivity contribution in [1.82, 2.24) is 10.2 Å². The molecule has 1 aliphatic rings. The number of aliphatic hydroxyl groups excluding tert-OH is 1. The fraction of sp³-hybridized carbons (Fsp3) is 1.00. The lowest BCUT2D eigenvalue weighted by molar-refractivity contribution is 0.0758. The van der Waals surface area contributed by atoms with Crippen LogP contribution in [0.3, 0.4) is 0 Å². The van der Waals surface area contributed by atoms with Gasteiger partial charge in [-0.05, 0) is 58.5 Å². The minimum atomic E-state index is -0.0630. The molecule has 0 amide bonds. The SMILES string of the molecule is CCCCCN(CC(CO)(NCCC)C1CC1)C(C)C. The van der Waals surface area contributed by atoms with Gasteiger partial charge in [0.15, 0.2) is 0 Å². The molecular weight excluding hydrogens is 248 g/mol. The number of nitrogens with zero attached hydrogens (tertiary/aromatic N) is 1. The van der Waals surface area contributed by atoms with Gasteiger partial charge in [0.25, 0.3) is 0 Å². The van der Waals surface area contributed by atoms with Crippen LogP contribution < -0.4 is 5.32 Å². The maximum Gasteiger partial charge on any atom is 0.0628 e. The Labute approximate surface area is 126 Å². The van der Waals surface area contributed by atoms with Crippen molar-refractivity contribution in [3.05, 3.63) is 0 Å². The van der Waals surface area contributed by atoms with Crippen LogP contribution in [-0.4, -0.2) is 47.8 Å². The molecule has 0 saturated heterocycles. The highest BCUT2D eigenvalue weighted by atomic mass is 16.3. The summed E-state index contributed by atoms with van der Waals surface area (Å²) in [5, 5.41) is 13.7. The molecular formula is C17H36N2O. The lowest BCUT2D eigenvalue weighted by atomic mass is 9.92. The highest BCUT2D eigenvalue weighted by molar-refractivity contribution is 5.03. The first kappa shape index (κ1) is 17.9. The van der Waals surface area contributed by atoms with Gasteiger partial charge in [-0.15, -0.1) is 0 Å². The Morgan fingerprint density at radius 3 is 2.35 bits per heavy atom.